The van der Waals surface area contributed by atoms with Crippen molar-refractivity contribution in [3.63, 3.8) is 0 Å². The highest BCUT2D eigenvalue weighted by Crippen LogP contribution is 2.75. The Balaban J connectivity index is 1.90. The Kier molecular flexibility index (Phi) is 6.92. The molecule has 6 rings (SSSR count). The molecule has 4 aliphatic carbocycles. The summed E-state index contributed by atoms with van der Waals surface area (Å²) in [7, 11) is 0. The molecule has 1 heterocycles. The molecule has 4 saturated carbocycles. The molecule has 224 valence electrons. The minimum atomic E-state index is -1.90. The van der Waals surface area contributed by atoms with Crippen molar-refractivity contribution < 1.29 is 39.4 Å². The van der Waals surface area contributed by atoms with Gasteiger partial charge in [0.05, 0.1) is 16.9 Å². The van der Waals surface area contributed by atoms with Crippen molar-refractivity contribution in [3.05, 3.63) is 47.5 Å². The minimum Gasteiger partial charge on any atom is -0.387 e. The highest BCUT2D eigenvalue weighted by molar-refractivity contribution is 6.33. The van der Waals surface area contributed by atoms with Crippen molar-refractivity contribution in [2.45, 2.75) is 104 Å². The summed E-state index contributed by atoms with van der Waals surface area (Å²) < 4.78 is 0. The van der Waals surface area contributed by atoms with Gasteiger partial charge < -0.3 is 5.11 Å². The molecule has 1 aliphatic heterocycles. The normalized spacial score (nSPS) is 38.2. The van der Waals surface area contributed by atoms with Crippen LogP contribution in [0.4, 0.5) is 0 Å². The van der Waals surface area contributed by atoms with Gasteiger partial charge in [0.25, 0.3) is 0 Å². The summed E-state index contributed by atoms with van der Waals surface area (Å²) in [6.07, 6.45) is 0.133. The largest absolute Gasteiger partial charge is 0.387 e. The smallest absolute Gasteiger partial charge is 0.164 e. The van der Waals surface area contributed by atoms with Crippen LogP contribution in [0.3, 0.4) is 0 Å². The molecule has 0 amide bonds. The SMILES string of the molecule is CC(C)=CCC12CC3C[C@H]4C(C)(C)OO[C@@H](C(C)(C)OO)CC4(C1=O)C(=O)C(C(O)c1ccccc1)(C2=O)C3(C)C. The topological polar surface area (TPSA) is 119 Å². The number of allylic oxidation sites excluding steroid dienone is 2. The first-order valence-electron chi connectivity index (χ1n) is 14.6. The first kappa shape index (κ1) is 30.2. The number of ketones is 3. The lowest BCUT2D eigenvalue weighted by molar-refractivity contribution is -0.424. The van der Waals surface area contributed by atoms with Gasteiger partial charge in [0.15, 0.2) is 17.3 Å². The van der Waals surface area contributed by atoms with Gasteiger partial charge in [0, 0.05) is 5.92 Å². The first-order chi connectivity index (χ1) is 19.0. The van der Waals surface area contributed by atoms with Crippen LogP contribution < -0.4 is 0 Å². The summed E-state index contributed by atoms with van der Waals surface area (Å²) in [5.74, 6) is -2.38. The van der Waals surface area contributed by atoms with Gasteiger partial charge in [-0.05, 0) is 84.1 Å². The lowest BCUT2D eigenvalue weighted by Gasteiger charge is -2.63. The van der Waals surface area contributed by atoms with E-state index in [2.05, 4.69) is 0 Å². The summed E-state index contributed by atoms with van der Waals surface area (Å²) in [6.45, 7) is 14.4. The van der Waals surface area contributed by atoms with Crippen molar-refractivity contribution >= 4 is 17.3 Å². The minimum absolute atomic E-state index is 0.150. The second-order valence-corrected chi connectivity index (χ2v) is 14.7. The van der Waals surface area contributed by atoms with E-state index in [9.17, 15) is 10.4 Å². The quantitative estimate of drug-likeness (QED) is 0.197. The van der Waals surface area contributed by atoms with Gasteiger partial charge in [-0.25, -0.2) is 14.7 Å². The lowest BCUT2D eigenvalue weighted by atomic mass is 9.36. The number of benzene rings is 1. The Hall–Kier alpha value is -2.23. The maximum absolute atomic E-state index is 15.6. The molecule has 7 atom stereocenters. The fourth-order valence-corrected chi connectivity index (χ4v) is 8.74. The van der Waals surface area contributed by atoms with E-state index in [1.165, 1.54) is 0 Å². The zero-order chi connectivity index (χ0) is 30.4. The average molecular weight is 569 g/mol. The summed E-state index contributed by atoms with van der Waals surface area (Å²) >= 11 is 0. The van der Waals surface area contributed by atoms with Crippen LogP contribution in [-0.2, 0) is 29.0 Å². The molecule has 5 fully saturated rings. The summed E-state index contributed by atoms with van der Waals surface area (Å²) in [5, 5.41) is 22.2. The predicted molar refractivity (Wildman–Crippen MR) is 150 cm³/mol. The standard InChI is InChI=1S/C33H44O8/c1-19(2)14-15-31-17-21-16-22-29(5,6)41-39-23(30(7,8)40-38)18-32(22,25(31)35)27(37)33(26(31)36,28(21,3)4)24(34)20-12-10-9-11-13-20/h9-14,21-24,34,38H,15-18H2,1-8H3/t21?,22-,23+,24?,31?,32?,33?/m0/s1. The van der Waals surface area contributed by atoms with E-state index in [0.29, 0.717) is 12.0 Å². The maximum Gasteiger partial charge on any atom is 0.164 e. The number of aliphatic hydroxyl groups excluding tert-OH is 1. The molecule has 1 aromatic rings. The molecule has 5 aliphatic rings. The fraction of sp³-hybridized carbons (Fsp3) is 0.667. The Morgan fingerprint density at radius 2 is 1.68 bits per heavy atom. The van der Waals surface area contributed by atoms with Crippen LogP contribution in [0.15, 0.2) is 42.0 Å². The van der Waals surface area contributed by atoms with Crippen molar-refractivity contribution in [1.29, 1.82) is 0 Å². The van der Waals surface area contributed by atoms with Crippen LogP contribution in [0.1, 0.15) is 92.7 Å². The molecule has 41 heavy (non-hydrogen) atoms. The van der Waals surface area contributed by atoms with Gasteiger partial charge in [0.1, 0.15) is 22.7 Å². The highest BCUT2D eigenvalue weighted by Gasteiger charge is 2.85. The summed E-state index contributed by atoms with van der Waals surface area (Å²) in [4.78, 5) is 62.7. The van der Waals surface area contributed by atoms with Gasteiger partial charge in [0.2, 0.25) is 0 Å². The van der Waals surface area contributed by atoms with Crippen molar-refractivity contribution in [2.75, 3.05) is 0 Å². The van der Waals surface area contributed by atoms with Gasteiger partial charge >= 0.3 is 0 Å². The van der Waals surface area contributed by atoms with Crippen LogP contribution in [0.2, 0.25) is 0 Å². The highest BCUT2D eigenvalue weighted by atomic mass is 17.2. The van der Waals surface area contributed by atoms with Gasteiger partial charge in [-0.1, -0.05) is 55.8 Å². The second-order valence-electron chi connectivity index (χ2n) is 14.7. The van der Waals surface area contributed by atoms with Crippen molar-refractivity contribution in [2.24, 2.45) is 33.5 Å². The van der Waals surface area contributed by atoms with E-state index in [-0.39, 0.29) is 25.2 Å². The zero-order valence-corrected chi connectivity index (χ0v) is 25.4. The Morgan fingerprint density at radius 3 is 2.27 bits per heavy atom. The number of aliphatic hydroxyl groups is 1. The van der Waals surface area contributed by atoms with E-state index in [1.807, 2.05) is 39.8 Å². The van der Waals surface area contributed by atoms with Gasteiger partial charge in [-0.15, -0.1) is 0 Å². The van der Waals surface area contributed by atoms with Gasteiger partial charge in [-0.3, -0.25) is 19.6 Å². The molecule has 1 aromatic carbocycles. The molecule has 0 aromatic heterocycles. The number of hydrogen-bond donors (Lipinski definition) is 2. The second kappa shape index (κ2) is 9.38. The molecule has 8 nitrogen and oxygen atoms in total. The number of rotatable bonds is 6. The maximum atomic E-state index is 15.6. The lowest BCUT2D eigenvalue weighted by Crippen LogP contribution is -2.75. The third-order valence-corrected chi connectivity index (χ3v) is 11.3. The van der Waals surface area contributed by atoms with E-state index < -0.39 is 68.3 Å². The Bertz CT molecular complexity index is 1290. The predicted octanol–water partition coefficient (Wildman–Crippen LogP) is 5.59. The molecule has 8 heteroatoms. The number of carbonyl (C=O) groups excluding carboxylic acids is 3. The van der Waals surface area contributed by atoms with Crippen LogP contribution in [0.5, 0.6) is 0 Å². The fourth-order valence-electron chi connectivity index (χ4n) is 8.74. The molecule has 4 bridgehead atoms. The van der Waals surface area contributed by atoms with Crippen LogP contribution in [0.25, 0.3) is 0 Å². The molecule has 5 unspecified atom stereocenters. The van der Waals surface area contributed by atoms with E-state index in [1.54, 1.807) is 52.0 Å². The van der Waals surface area contributed by atoms with Crippen molar-refractivity contribution in [1.82, 2.24) is 0 Å². The number of Topliss-reactive ketones (excluding diaryl/α,β-unsaturated/α-hetero) is 3. The Labute approximate surface area is 242 Å². The molecular weight excluding hydrogens is 524 g/mol. The Morgan fingerprint density at radius 1 is 1.05 bits per heavy atom. The first-order valence-corrected chi connectivity index (χ1v) is 14.6. The molecule has 1 spiro atoms. The monoisotopic (exact) mass is 568 g/mol. The third kappa shape index (κ3) is 3.73. The molecule has 0 radical (unpaired) electrons. The summed E-state index contributed by atoms with van der Waals surface area (Å²) in [5.41, 5.74) is -7.17. The van der Waals surface area contributed by atoms with E-state index in [0.717, 1.165) is 5.57 Å². The van der Waals surface area contributed by atoms with Crippen LogP contribution in [-0.4, -0.2) is 45.0 Å². The molecule has 1 saturated heterocycles. The number of carbonyl (C=O) groups is 3. The number of hydrogen-bond acceptors (Lipinski definition) is 8. The van der Waals surface area contributed by atoms with Crippen LogP contribution >= 0.6 is 0 Å². The van der Waals surface area contributed by atoms with E-state index >= 15 is 14.4 Å². The average Bonchev–Trinajstić information content (AvgIpc) is 3.12. The van der Waals surface area contributed by atoms with Crippen molar-refractivity contribution in [3.8, 4) is 0 Å². The summed E-state index contributed by atoms with van der Waals surface area (Å²) in [6, 6.07) is 8.81. The third-order valence-electron chi connectivity index (χ3n) is 11.3. The van der Waals surface area contributed by atoms with E-state index in [4.69, 9.17) is 14.7 Å². The molecular formula is C33H44O8. The van der Waals surface area contributed by atoms with Gasteiger partial charge in [-0.2, -0.15) is 0 Å². The molecule has 2 N–H and O–H groups in total. The van der Waals surface area contributed by atoms with Crippen LogP contribution in [0, 0.1) is 33.5 Å². The zero-order valence-electron chi connectivity index (χ0n) is 25.4.